The van der Waals surface area contributed by atoms with Gasteiger partial charge in [0.15, 0.2) is 5.83 Å². The van der Waals surface area contributed by atoms with Gasteiger partial charge in [-0.15, -0.1) is 0 Å². The maximum absolute atomic E-state index is 13.2. The summed E-state index contributed by atoms with van der Waals surface area (Å²) in [6.07, 6.45) is 19.5. The summed E-state index contributed by atoms with van der Waals surface area (Å²) >= 11 is 0. The molecule has 0 heterocycles. The second-order valence-corrected chi connectivity index (χ2v) is 9.89. The number of aryl methyl sites for hydroxylation is 2. The van der Waals surface area contributed by atoms with Gasteiger partial charge in [-0.05, 0) is 98.7 Å². The predicted molar refractivity (Wildman–Crippen MR) is 124 cm³/mol. The minimum atomic E-state index is -0.590. The van der Waals surface area contributed by atoms with Crippen molar-refractivity contribution in [1.29, 1.82) is 5.26 Å². The number of unbranched alkanes of at least 4 members (excludes halogenated alkanes) is 1. The van der Waals surface area contributed by atoms with Gasteiger partial charge in [0, 0.05) is 0 Å². The summed E-state index contributed by atoms with van der Waals surface area (Å²) in [6, 6.07) is 10.9. The van der Waals surface area contributed by atoms with Crippen LogP contribution >= 0.6 is 0 Å². The second kappa shape index (κ2) is 12.3. The lowest BCUT2D eigenvalue weighted by atomic mass is 9.68. The zero-order valence-electron chi connectivity index (χ0n) is 18.9. The lowest BCUT2D eigenvalue weighted by Gasteiger charge is -2.37. The van der Waals surface area contributed by atoms with Crippen molar-refractivity contribution in [3.8, 4) is 6.07 Å². The summed E-state index contributed by atoms with van der Waals surface area (Å²) in [5, 5.41) is 8.62. The van der Waals surface area contributed by atoms with Gasteiger partial charge >= 0.3 is 0 Å². The van der Waals surface area contributed by atoms with E-state index in [4.69, 9.17) is 5.26 Å². The molecule has 2 saturated carbocycles. The van der Waals surface area contributed by atoms with Crippen molar-refractivity contribution >= 4 is 0 Å². The van der Waals surface area contributed by atoms with E-state index >= 15 is 0 Å². The van der Waals surface area contributed by atoms with Crippen LogP contribution in [0.4, 0.5) is 4.39 Å². The third kappa shape index (κ3) is 7.26. The standard InChI is InChI=1S/C28H40FN/c1-2-5-22-8-10-23(11-9-22)6-3-4-7-24-12-16-26(17-13-24)27-18-14-25(15-19-27)20-28(29)21-30/h8-11,20,24-27H,2-7,12-19H2,1H3/b28-20+/t24-,25?,26-,27?. The zero-order valence-corrected chi connectivity index (χ0v) is 18.9. The molecular formula is C28H40FN. The quantitative estimate of drug-likeness (QED) is 0.297. The Hall–Kier alpha value is -1.62. The molecule has 2 fully saturated rings. The summed E-state index contributed by atoms with van der Waals surface area (Å²) in [4.78, 5) is 0. The molecule has 0 saturated heterocycles. The fraction of sp³-hybridized carbons (Fsp3) is 0.679. The van der Waals surface area contributed by atoms with Crippen LogP contribution in [0.3, 0.4) is 0 Å². The Labute approximate surface area is 183 Å². The Morgan fingerprint density at radius 2 is 1.47 bits per heavy atom. The summed E-state index contributed by atoms with van der Waals surface area (Å²) in [5.41, 5.74) is 2.97. The summed E-state index contributed by atoms with van der Waals surface area (Å²) in [7, 11) is 0. The molecule has 0 bridgehead atoms. The van der Waals surface area contributed by atoms with Gasteiger partial charge in [0.2, 0.25) is 0 Å². The largest absolute Gasteiger partial charge is 0.196 e. The normalized spacial score (nSPS) is 27.6. The van der Waals surface area contributed by atoms with Crippen LogP contribution in [0.5, 0.6) is 0 Å². The molecule has 2 aliphatic rings. The van der Waals surface area contributed by atoms with Gasteiger partial charge in [-0.3, -0.25) is 0 Å². The van der Waals surface area contributed by atoms with E-state index in [1.54, 1.807) is 12.1 Å². The molecule has 164 valence electrons. The Balaban J connectivity index is 1.28. The molecule has 0 aromatic heterocycles. The maximum atomic E-state index is 13.2. The number of benzene rings is 1. The molecule has 30 heavy (non-hydrogen) atoms. The Morgan fingerprint density at radius 3 is 2.03 bits per heavy atom. The van der Waals surface area contributed by atoms with Crippen molar-refractivity contribution in [3.63, 3.8) is 0 Å². The van der Waals surface area contributed by atoms with Crippen molar-refractivity contribution in [2.75, 3.05) is 0 Å². The molecule has 0 atom stereocenters. The van der Waals surface area contributed by atoms with Gasteiger partial charge < -0.3 is 0 Å². The van der Waals surface area contributed by atoms with E-state index in [0.29, 0.717) is 5.92 Å². The number of halogens is 1. The Bertz CT molecular complexity index is 682. The van der Waals surface area contributed by atoms with Crippen LogP contribution in [0.1, 0.15) is 95.1 Å². The van der Waals surface area contributed by atoms with Gasteiger partial charge in [0.1, 0.15) is 6.07 Å². The van der Waals surface area contributed by atoms with Crippen molar-refractivity contribution in [2.24, 2.45) is 23.7 Å². The molecular weight excluding hydrogens is 369 g/mol. The van der Waals surface area contributed by atoms with E-state index in [1.807, 2.05) is 0 Å². The van der Waals surface area contributed by atoms with E-state index in [2.05, 4.69) is 31.2 Å². The molecule has 0 unspecified atom stereocenters. The highest BCUT2D eigenvalue weighted by Crippen LogP contribution is 2.42. The monoisotopic (exact) mass is 409 g/mol. The van der Waals surface area contributed by atoms with E-state index in [9.17, 15) is 4.39 Å². The molecule has 0 N–H and O–H groups in total. The first kappa shape index (κ1) is 23.1. The number of hydrogen-bond acceptors (Lipinski definition) is 1. The number of hydrogen-bond donors (Lipinski definition) is 0. The first-order chi connectivity index (χ1) is 14.7. The molecule has 0 aliphatic heterocycles. The van der Waals surface area contributed by atoms with Crippen LogP contribution in [-0.4, -0.2) is 0 Å². The first-order valence-electron chi connectivity index (χ1n) is 12.5. The Morgan fingerprint density at radius 1 is 0.900 bits per heavy atom. The third-order valence-electron chi connectivity index (χ3n) is 7.75. The summed E-state index contributed by atoms with van der Waals surface area (Å²) in [5.74, 6) is 2.38. The number of rotatable bonds is 9. The van der Waals surface area contributed by atoms with Crippen molar-refractivity contribution in [1.82, 2.24) is 0 Å². The van der Waals surface area contributed by atoms with Crippen molar-refractivity contribution < 1.29 is 4.39 Å². The third-order valence-corrected chi connectivity index (χ3v) is 7.75. The van der Waals surface area contributed by atoms with Gasteiger partial charge in [0.05, 0.1) is 0 Å². The molecule has 1 aromatic carbocycles. The lowest BCUT2D eigenvalue weighted by molar-refractivity contribution is 0.151. The number of allylic oxidation sites excluding steroid dienone is 2. The highest BCUT2D eigenvalue weighted by Gasteiger charge is 2.30. The van der Waals surface area contributed by atoms with Crippen LogP contribution in [0.2, 0.25) is 0 Å². The Kier molecular flexibility index (Phi) is 9.44. The van der Waals surface area contributed by atoms with Gasteiger partial charge in [-0.1, -0.05) is 63.3 Å². The predicted octanol–water partition coefficient (Wildman–Crippen LogP) is 8.34. The van der Waals surface area contributed by atoms with Crippen LogP contribution in [0.15, 0.2) is 36.2 Å². The molecule has 0 amide bonds. The summed E-state index contributed by atoms with van der Waals surface area (Å²) < 4.78 is 13.2. The highest BCUT2D eigenvalue weighted by atomic mass is 19.1. The molecule has 1 aromatic rings. The topological polar surface area (TPSA) is 23.8 Å². The lowest BCUT2D eigenvalue weighted by Crippen LogP contribution is -2.25. The minimum absolute atomic E-state index is 0.292. The van der Waals surface area contributed by atoms with E-state index < -0.39 is 5.83 Å². The van der Waals surface area contributed by atoms with Crippen LogP contribution < -0.4 is 0 Å². The van der Waals surface area contributed by atoms with Crippen LogP contribution in [-0.2, 0) is 12.8 Å². The molecule has 0 spiro atoms. The van der Waals surface area contributed by atoms with Gasteiger partial charge in [0.25, 0.3) is 0 Å². The second-order valence-electron chi connectivity index (χ2n) is 9.89. The molecule has 3 rings (SSSR count). The molecule has 2 heteroatoms. The first-order valence-corrected chi connectivity index (χ1v) is 12.5. The van der Waals surface area contributed by atoms with Crippen molar-refractivity contribution in [2.45, 2.75) is 96.8 Å². The van der Waals surface area contributed by atoms with Crippen LogP contribution in [0.25, 0.3) is 0 Å². The van der Waals surface area contributed by atoms with Gasteiger partial charge in [-0.2, -0.15) is 9.65 Å². The van der Waals surface area contributed by atoms with Crippen LogP contribution in [0, 0.1) is 35.0 Å². The smallest absolute Gasteiger partial charge is 0.195 e. The number of nitriles is 1. The molecule has 0 radical (unpaired) electrons. The molecule has 1 nitrogen and oxygen atoms in total. The molecule has 2 aliphatic carbocycles. The zero-order chi connectivity index (χ0) is 21.2. The van der Waals surface area contributed by atoms with E-state index in [0.717, 1.165) is 30.6 Å². The van der Waals surface area contributed by atoms with E-state index in [-0.39, 0.29) is 0 Å². The number of nitrogens with zero attached hydrogens (tertiary/aromatic N) is 1. The summed E-state index contributed by atoms with van der Waals surface area (Å²) in [6.45, 7) is 2.24. The fourth-order valence-corrected chi connectivity index (χ4v) is 5.90. The minimum Gasteiger partial charge on any atom is -0.195 e. The maximum Gasteiger partial charge on any atom is 0.196 e. The van der Waals surface area contributed by atoms with Gasteiger partial charge in [-0.25, -0.2) is 0 Å². The van der Waals surface area contributed by atoms with E-state index in [1.165, 1.54) is 88.2 Å². The average molecular weight is 410 g/mol. The van der Waals surface area contributed by atoms with Crippen molar-refractivity contribution in [3.05, 3.63) is 47.3 Å². The fourth-order valence-electron chi connectivity index (χ4n) is 5.90. The average Bonchev–Trinajstić information content (AvgIpc) is 2.79. The SMILES string of the molecule is CCCc1ccc(CCCC[C@H]2CC[C@H](C3CCC(/C=C(/F)C#N)CC3)CC2)cc1. The highest BCUT2D eigenvalue weighted by molar-refractivity contribution is 5.22.